The normalized spacial score (nSPS) is 16.8. The largest absolute Gasteiger partial charge is 0.481 e. The Kier molecular flexibility index (Phi) is 18.4. The first-order valence-corrected chi connectivity index (χ1v) is 17.2. The fraction of sp³-hybridized carbons (Fsp3) is 0.697. The molecule has 0 aromatic heterocycles. The second-order valence-electron chi connectivity index (χ2n) is 13.3. The SMILES string of the molecule is CCC[C@H](NC(=O)[C@@H]1CCCN1C(=O)[C@@H](NC(=O)[C@@H](NC(=O)[C@H](CCC(=O)O)NC(=O)[C@H](CCC(=O)O)NC(C)=O)C(C)C)C(C)C)C(=O)C(=O)O. The van der Waals surface area contributed by atoms with Gasteiger partial charge in [-0.25, -0.2) is 4.79 Å². The van der Waals surface area contributed by atoms with E-state index in [0.717, 1.165) is 6.92 Å². The molecule has 1 fully saturated rings. The second-order valence-corrected chi connectivity index (χ2v) is 13.3. The van der Waals surface area contributed by atoms with Crippen molar-refractivity contribution in [1.29, 1.82) is 0 Å². The maximum atomic E-state index is 13.8. The molecule has 0 aromatic rings. The van der Waals surface area contributed by atoms with Crippen LogP contribution in [-0.2, 0) is 47.9 Å². The zero-order valence-electron chi connectivity index (χ0n) is 30.4. The molecule has 0 aliphatic carbocycles. The molecule has 292 valence electrons. The van der Waals surface area contributed by atoms with Gasteiger partial charge in [0.1, 0.15) is 30.2 Å². The first-order chi connectivity index (χ1) is 24.2. The number of Topliss-reactive ketones (excluding diaryl/α,β-unsaturated/α-hetero) is 1. The molecule has 0 unspecified atom stereocenters. The van der Waals surface area contributed by atoms with Crippen LogP contribution in [0.5, 0.6) is 0 Å². The third kappa shape index (κ3) is 14.3. The van der Waals surface area contributed by atoms with E-state index in [-0.39, 0.29) is 25.8 Å². The summed E-state index contributed by atoms with van der Waals surface area (Å²) < 4.78 is 0. The Bertz CT molecular complexity index is 1370. The van der Waals surface area contributed by atoms with Crippen molar-refractivity contribution in [2.75, 3.05) is 6.54 Å². The summed E-state index contributed by atoms with van der Waals surface area (Å²) in [5.74, 6) is -11.2. The van der Waals surface area contributed by atoms with E-state index < -0.39 is 126 Å². The molecule has 1 aliphatic rings. The summed E-state index contributed by atoms with van der Waals surface area (Å²) >= 11 is 0. The Labute approximate surface area is 301 Å². The van der Waals surface area contributed by atoms with Crippen molar-refractivity contribution in [3.8, 4) is 0 Å². The number of carboxylic acid groups (broad SMARTS) is 3. The van der Waals surface area contributed by atoms with Crippen molar-refractivity contribution in [3.05, 3.63) is 0 Å². The third-order valence-corrected chi connectivity index (χ3v) is 8.36. The molecule has 1 saturated heterocycles. The van der Waals surface area contributed by atoms with Crippen LogP contribution in [-0.4, -0.2) is 122 Å². The van der Waals surface area contributed by atoms with Crippen LogP contribution in [0.15, 0.2) is 0 Å². The van der Waals surface area contributed by atoms with Gasteiger partial charge >= 0.3 is 17.9 Å². The number of carbonyl (C=O) groups excluding carboxylic acids is 7. The van der Waals surface area contributed by atoms with Gasteiger partial charge in [-0.3, -0.25) is 43.2 Å². The Morgan fingerprint density at radius 2 is 1.15 bits per heavy atom. The molecule has 1 rings (SSSR count). The number of carbonyl (C=O) groups is 10. The van der Waals surface area contributed by atoms with Crippen LogP contribution in [0.25, 0.3) is 0 Å². The minimum absolute atomic E-state index is 0.0754. The average molecular weight is 741 g/mol. The minimum Gasteiger partial charge on any atom is -0.481 e. The van der Waals surface area contributed by atoms with E-state index in [2.05, 4.69) is 26.6 Å². The minimum atomic E-state index is -1.70. The van der Waals surface area contributed by atoms with Gasteiger partial charge in [0.15, 0.2) is 0 Å². The lowest BCUT2D eigenvalue weighted by molar-refractivity contribution is -0.151. The van der Waals surface area contributed by atoms with Crippen LogP contribution in [0.3, 0.4) is 0 Å². The van der Waals surface area contributed by atoms with Gasteiger partial charge in [0, 0.05) is 26.3 Å². The highest BCUT2D eigenvalue weighted by atomic mass is 16.4. The number of aliphatic carboxylic acids is 3. The molecule has 6 amide bonds. The lowest BCUT2D eigenvalue weighted by Gasteiger charge is -2.33. The summed E-state index contributed by atoms with van der Waals surface area (Å²) in [5, 5.41) is 39.6. The number of likely N-dealkylation sites (tertiary alicyclic amines) is 1. The van der Waals surface area contributed by atoms with Gasteiger partial charge in [0.2, 0.25) is 35.4 Å². The second kappa shape index (κ2) is 21.3. The van der Waals surface area contributed by atoms with E-state index in [1.54, 1.807) is 34.6 Å². The Balaban J connectivity index is 3.22. The molecule has 0 radical (unpaired) electrons. The molecular formula is C33H52N6O13. The predicted octanol–water partition coefficient (Wildman–Crippen LogP) is -1.08. The van der Waals surface area contributed by atoms with E-state index in [1.165, 1.54) is 4.90 Å². The molecule has 52 heavy (non-hydrogen) atoms. The molecule has 19 nitrogen and oxygen atoms in total. The smallest absolute Gasteiger partial charge is 0.374 e. The highest BCUT2D eigenvalue weighted by Crippen LogP contribution is 2.21. The van der Waals surface area contributed by atoms with E-state index in [0.29, 0.717) is 12.8 Å². The number of hydrogen-bond donors (Lipinski definition) is 8. The predicted molar refractivity (Wildman–Crippen MR) is 181 cm³/mol. The number of amides is 6. The summed E-state index contributed by atoms with van der Waals surface area (Å²) in [5.41, 5.74) is 0. The van der Waals surface area contributed by atoms with Gasteiger partial charge in [-0.15, -0.1) is 0 Å². The summed E-state index contributed by atoms with van der Waals surface area (Å²) in [6.45, 7) is 9.42. The van der Waals surface area contributed by atoms with Crippen molar-refractivity contribution in [2.24, 2.45) is 11.8 Å². The summed E-state index contributed by atoms with van der Waals surface area (Å²) in [6.07, 6.45) is -0.694. The fourth-order valence-electron chi connectivity index (χ4n) is 5.59. The highest BCUT2D eigenvalue weighted by molar-refractivity contribution is 6.35. The van der Waals surface area contributed by atoms with Gasteiger partial charge in [0.25, 0.3) is 5.78 Å². The number of carboxylic acids is 3. The number of hydrogen-bond acceptors (Lipinski definition) is 10. The van der Waals surface area contributed by atoms with Crippen molar-refractivity contribution >= 4 is 59.1 Å². The Morgan fingerprint density at radius 1 is 0.654 bits per heavy atom. The van der Waals surface area contributed by atoms with Crippen LogP contribution in [0.1, 0.15) is 92.9 Å². The van der Waals surface area contributed by atoms with Crippen LogP contribution < -0.4 is 26.6 Å². The summed E-state index contributed by atoms with van der Waals surface area (Å²) in [4.78, 5) is 126. The molecular weight excluding hydrogens is 688 g/mol. The topological polar surface area (TPSA) is 295 Å². The van der Waals surface area contributed by atoms with Crippen LogP contribution in [0.2, 0.25) is 0 Å². The zero-order chi connectivity index (χ0) is 39.9. The molecule has 6 atom stereocenters. The lowest BCUT2D eigenvalue weighted by atomic mass is 9.98. The van der Waals surface area contributed by atoms with Gasteiger partial charge in [0.05, 0.1) is 6.04 Å². The van der Waals surface area contributed by atoms with Crippen molar-refractivity contribution in [3.63, 3.8) is 0 Å². The van der Waals surface area contributed by atoms with Crippen LogP contribution in [0.4, 0.5) is 0 Å². The van der Waals surface area contributed by atoms with E-state index in [4.69, 9.17) is 10.2 Å². The van der Waals surface area contributed by atoms with Crippen LogP contribution >= 0.6 is 0 Å². The van der Waals surface area contributed by atoms with Crippen molar-refractivity contribution in [1.82, 2.24) is 31.5 Å². The Morgan fingerprint density at radius 3 is 1.62 bits per heavy atom. The molecule has 8 N–H and O–H groups in total. The molecule has 0 spiro atoms. The van der Waals surface area contributed by atoms with Crippen molar-refractivity contribution < 1.29 is 63.3 Å². The van der Waals surface area contributed by atoms with Crippen molar-refractivity contribution in [2.45, 2.75) is 129 Å². The highest BCUT2D eigenvalue weighted by Gasteiger charge is 2.41. The van der Waals surface area contributed by atoms with Gasteiger partial charge in [-0.05, 0) is 43.9 Å². The van der Waals surface area contributed by atoms with E-state index >= 15 is 0 Å². The van der Waals surface area contributed by atoms with Gasteiger partial charge in [-0.2, -0.15) is 0 Å². The third-order valence-electron chi connectivity index (χ3n) is 8.36. The summed E-state index contributed by atoms with van der Waals surface area (Å²) in [6, 6.07) is -7.70. The standard InChI is InChI=1S/C33H52N6O13/c1-7-9-19(27(45)33(51)52)35-30(48)22-10-8-15-39(22)32(50)26(17(4)5)38-31(49)25(16(2)3)37-29(47)21(12-14-24(43)44)36-28(46)20(34-18(6)40)11-13-23(41)42/h16-17,19-22,25-26H,7-15H2,1-6H3,(H,34,40)(H,35,48)(H,36,46)(H,37,47)(H,38,49)(H,41,42)(H,43,44)(H,51,52)/t19-,20-,21-,22-,25-,26-/m0/s1. The zero-order valence-corrected chi connectivity index (χ0v) is 30.4. The van der Waals surface area contributed by atoms with Gasteiger partial charge < -0.3 is 46.8 Å². The quantitative estimate of drug-likeness (QED) is 0.0614. The maximum Gasteiger partial charge on any atom is 0.374 e. The molecule has 1 aliphatic heterocycles. The average Bonchev–Trinajstić information content (AvgIpc) is 3.54. The monoisotopic (exact) mass is 740 g/mol. The first-order valence-electron chi connectivity index (χ1n) is 17.2. The van der Waals surface area contributed by atoms with Crippen LogP contribution in [0, 0.1) is 11.8 Å². The number of ketones is 1. The molecule has 1 heterocycles. The summed E-state index contributed by atoms with van der Waals surface area (Å²) in [7, 11) is 0. The first kappa shape index (κ1) is 44.9. The number of nitrogens with one attached hydrogen (secondary N) is 5. The maximum absolute atomic E-state index is 13.8. The fourth-order valence-corrected chi connectivity index (χ4v) is 5.59. The molecule has 0 bridgehead atoms. The van der Waals surface area contributed by atoms with E-state index in [1.807, 2.05) is 0 Å². The lowest BCUT2D eigenvalue weighted by Crippen LogP contribution is -2.61. The molecule has 0 saturated carbocycles. The molecule has 0 aromatic carbocycles. The Hall–Kier alpha value is -5.10. The van der Waals surface area contributed by atoms with E-state index in [9.17, 15) is 53.1 Å². The number of nitrogens with zero attached hydrogens (tertiary/aromatic N) is 1. The number of rotatable bonds is 22. The molecule has 19 heteroatoms. The van der Waals surface area contributed by atoms with Gasteiger partial charge in [-0.1, -0.05) is 41.0 Å².